The van der Waals surface area contributed by atoms with E-state index in [1.807, 2.05) is 0 Å². The van der Waals surface area contributed by atoms with Crippen molar-refractivity contribution in [2.75, 3.05) is 26.3 Å². The summed E-state index contributed by atoms with van der Waals surface area (Å²) in [4.78, 5) is 38.6. The summed E-state index contributed by atoms with van der Waals surface area (Å²) in [6, 6.07) is 0. The zero-order valence-electron chi connectivity index (χ0n) is 15.4. The first kappa shape index (κ1) is 19.1. The Kier molecular flexibility index (Phi) is 6.16. The normalized spacial score (nSPS) is 23.9. The number of nitrogens with one attached hydrogen (secondary N) is 1. The third-order valence-corrected chi connectivity index (χ3v) is 6.02. The van der Waals surface area contributed by atoms with E-state index >= 15 is 0 Å². The average molecular weight is 366 g/mol. The van der Waals surface area contributed by atoms with Gasteiger partial charge in [-0.15, -0.1) is 0 Å². The summed E-state index contributed by atoms with van der Waals surface area (Å²) in [5.41, 5.74) is -1.09. The Labute approximate surface area is 154 Å². The molecule has 1 saturated heterocycles. The summed E-state index contributed by atoms with van der Waals surface area (Å²) in [7, 11) is 0. The van der Waals surface area contributed by atoms with Crippen molar-refractivity contribution in [1.29, 1.82) is 0 Å². The van der Waals surface area contributed by atoms with Crippen molar-refractivity contribution in [3.8, 4) is 0 Å². The summed E-state index contributed by atoms with van der Waals surface area (Å²) >= 11 is 0. The van der Waals surface area contributed by atoms with Gasteiger partial charge in [-0.05, 0) is 25.2 Å². The van der Waals surface area contributed by atoms with Gasteiger partial charge >= 0.3 is 5.97 Å². The largest absolute Gasteiger partial charge is 0.480 e. The van der Waals surface area contributed by atoms with Crippen LogP contribution in [0.1, 0.15) is 57.8 Å². The molecule has 3 rings (SSSR count). The number of hydrogen-bond donors (Lipinski definition) is 2. The first-order valence-corrected chi connectivity index (χ1v) is 9.91. The monoisotopic (exact) mass is 366 g/mol. The molecule has 2 aliphatic carbocycles. The van der Waals surface area contributed by atoms with Crippen LogP contribution in [0.2, 0.25) is 0 Å². The lowest BCUT2D eigenvalue weighted by atomic mass is 9.81. The van der Waals surface area contributed by atoms with Crippen LogP contribution >= 0.6 is 0 Å². The Morgan fingerprint density at radius 3 is 2.35 bits per heavy atom. The second kappa shape index (κ2) is 8.37. The first-order valence-electron chi connectivity index (χ1n) is 9.91. The second-order valence-electron chi connectivity index (χ2n) is 8.01. The van der Waals surface area contributed by atoms with Crippen molar-refractivity contribution in [1.82, 2.24) is 10.2 Å². The molecule has 1 heterocycles. The van der Waals surface area contributed by atoms with Crippen LogP contribution in [-0.4, -0.2) is 59.6 Å². The smallest absolute Gasteiger partial charge is 0.329 e. The Hall–Kier alpha value is -1.63. The molecular weight excluding hydrogens is 336 g/mol. The highest BCUT2D eigenvalue weighted by Gasteiger charge is 2.52. The summed E-state index contributed by atoms with van der Waals surface area (Å²) in [5.74, 6) is -1.24. The van der Waals surface area contributed by atoms with Crippen LogP contribution in [0.4, 0.5) is 0 Å². The fourth-order valence-corrected chi connectivity index (χ4v) is 4.12. The van der Waals surface area contributed by atoms with Gasteiger partial charge in [0.05, 0.1) is 13.2 Å². The van der Waals surface area contributed by atoms with Gasteiger partial charge in [-0.2, -0.15) is 0 Å². The lowest BCUT2D eigenvalue weighted by Crippen LogP contribution is -2.48. The van der Waals surface area contributed by atoms with Gasteiger partial charge in [-0.1, -0.05) is 32.1 Å². The van der Waals surface area contributed by atoms with E-state index in [2.05, 4.69) is 5.32 Å². The lowest BCUT2D eigenvalue weighted by molar-refractivity contribution is -0.145. The third kappa shape index (κ3) is 4.75. The number of morpholine rings is 1. The van der Waals surface area contributed by atoms with Crippen molar-refractivity contribution in [3.05, 3.63) is 0 Å². The van der Waals surface area contributed by atoms with Crippen LogP contribution in [0.5, 0.6) is 0 Å². The van der Waals surface area contributed by atoms with Crippen molar-refractivity contribution < 1.29 is 24.2 Å². The predicted octanol–water partition coefficient (Wildman–Crippen LogP) is 1.56. The van der Waals surface area contributed by atoms with E-state index in [4.69, 9.17) is 4.74 Å². The van der Waals surface area contributed by atoms with E-state index in [1.54, 1.807) is 4.90 Å². The zero-order chi connectivity index (χ0) is 18.6. The number of nitrogens with zero attached hydrogens (tertiary/aromatic N) is 1. The molecule has 7 nitrogen and oxygen atoms in total. The second-order valence-corrected chi connectivity index (χ2v) is 8.01. The summed E-state index contributed by atoms with van der Waals surface area (Å²) in [6.45, 7) is 2.20. The van der Waals surface area contributed by atoms with Crippen molar-refractivity contribution in [2.24, 2.45) is 11.8 Å². The highest BCUT2D eigenvalue weighted by atomic mass is 16.5. The van der Waals surface area contributed by atoms with Crippen molar-refractivity contribution in [3.63, 3.8) is 0 Å². The number of hydrogen-bond acceptors (Lipinski definition) is 4. The van der Waals surface area contributed by atoms with Gasteiger partial charge in [0.1, 0.15) is 5.54 Å². The van der Waals surface area contributed by atoms with Crippen LogP contribution in [0.15, 0.2) is 0 Å². The van der Waals surface area contributed by atoms with E-state index < -0.39 is 17.4 Å². The minimum absolute atomic E-state index is 0.0237. The minimum atomic E-state index is -1.09. The fourth-order valence-electron chi connectivity index (χ4n) is 4.12. The number of aliphatic carboxylic acids is 1. The summed E-state index contributed by atoms with van der Waals surface area (Å²) in [5, 5.41) is 12.1. The van der Waals surface area contributed by atoms with Crippen LogP contribution < -0.4 is 5.32 Å². The van der Waals surface area contributed by atoms with Gasteiger partial charge < -0.3 is 20.1 Å². The van der Waals surface area contributed by atoms with E-state index in [1.165, 1.54) is 19.3 Å². The van der Waals surface area contributed by atoms with E-state index in [-0.39, 0.29) is 18.2 Å². The Balaban J connectivity index is 1.63. The summed E-state index contributed by atoms with van der Waals surface area (Å²) < 4.78 is 5.29. The van der Waals surface area contributed by atoms with Crippen LogP contribution in [0, 0.1) is 11.8 Å². The molecule has 1 unspecified atom stereocenters. The lowest BCUT2D eigenvalue weighted by Gasteiger charge is -2.30. The molecule has 1 atom stereocenters. The fraction of sp³-hybridized carbons (Fsp3) is 0.842. The van der Waals surface area contributed by atoms with Gasteiger partial charge in [-0.3, -0.25) is 9.59 Å². The molecule has 0 aromatic heterocycles. The van der Waals surface area contributed by atoms with Crippen molar-refractivity contribution in [2.45, 2.75) is 63.3 Å². The van der Waals surface area contributed by atoms with Crippen molar-refractivity contribution >= 4 is 17.8 Å². The number of carboxylic acid groups (broad SMARTS) is 1. The van der Waals surface area contributed by atoms with E-state index in [9.17, 15) is 19.5 Å². The minimum Gasteiger partial charge on any atom is -0.480 e. The molecule has 0 radical (unpaired) electrons. The third-order valence-electron chi connectivity index (χ3n) is 6.02. The molecule has 26 heavy (non-hydrogen) atoms. The van der Waals surface area contributed by atoms with Crippen LogP contribution in [0.3, 0.4) is 0 Å². The van der Waals surface area contributed by atoms with Gasteiger partial charge in [-0.25, -0.2) is 4.79 Å². The first-order chi connectivity index (χ1) is 12.5. The predicted molar refractivity (Wildman–Crippen MR) is 94.4 cm³/mol. The maximum atomic E-state index is 12.8. The molecule has 3 fully saturated rings. The maximum Gasteiger partial charge on any atom is 0.329 e. The molecule has 2 saturated carbocycles. The molecule has 146 valence electrons. The molecular formula is C19H30N2O5. The molecule has 3 aliphatic rings. The molecule has 0 aromatic carbocycles. The van der Waals surface area contributed by atoms with Gasteiger partial charge in [0.15, 0.2) is 0 Å². The molecule has 0 bridgehead atoms. The number of rotatable bonds is 7. The van der Waals surface area contributed by atoms with E-state index in [0.29, 0.717) is 51.5 Å². The number of carbonyl (C=O) groups excluding carboxylic acids is 2. The highest BCUT2D eigenvalue weighted by molar-refractivity contribution is 5.92. The van der Waals surface area contributed by atoms with Crippen LogP contribution in [-0.2, 0) is 19.1 Å². The summed E-state index contributed by atoms with van der Waals surface area (Å²) in [6.07, 6.45) is 7.57. The topological polar surface area (TPSA) is 95.9 Å². The number of carbonyl (C=O) groups is 3. The number of ether oxygens (including phenoxy) is 1. The molecule has 7 heteroatoms. The Morgan fingerprint density at radius 1 is 1.12 bits per heavy atom. The Morgan fingerprint density at radius 2 is 1.77 bits per heavy atom. The SMILES string of the molecule is O=C(NC1(C(=O)O)CC1)C(CC(=O)N1CCOCC1)CC1CCCCC1. The van der Waals surface area contributed by atoms with E-state index in [0.717, 1.165) is 12.8 Å². The number of carboxylic acids is 1. The molecule has 1 aliphatic heterocycles. The standard InChI is InChI=1S/C19H30N2O5/c22-16(21-8-10-26-11-9-21)13-15(12-14-4-2-1-3-5-14)17(23)20-19(6-7-19)18(24)25/h14-15H,1-13H2,(H,20,23)(H,24,25). The number of amides is 2. The molecule has 0 aromatic rings. The Bertz CT molecular complexity index is 534. The average Bonchev–Trinajstić information content (AvgIpc) is 3.43. The highest BCUT2D eigenvalue weighted by Crippen LogP contribution is 2.37. The maximum absolute atomic E-state index is 12.8. The van der Waals surface area contributed by atoms with Gasteiger partial charge in [0, 0.05) is 25.4 Å². The molecule has 2 N–H and O–H groups in total. The van der Waals surface area contributed by atoms with Crippen LogP contribution in [0.25, 0.3) is 0 Å². The quantitative estimate of drug-likeness (QED) is 0.713. The van der Waals surface area contributed by atoms with Gasteiger partial charge in [0.2, 0.25) is 11.8 Å². The molecule has 0 spiro atoms. The zero-order valence-corrected chi connectivity index (χ0v) is 15.4. The van der Waals surface area contributed by atoms with Gasteiger partial charge in [0.25, 0.3) is 0 Å². The molecule has 2 amide bonds.